The SMILES string of the molecule is CC(=O)Oc1ccc(N2C(=O)[C@H]3[C@H](C2=O)[C@H]2C=C[C@H]3C2=C(C)C)cc1[N+](=O)[O-]. The van der Waals surface area contributed by atoms with Gasteiger partial charge in [-0.15, -0.1) is 0 Å². The second kappa shape index (κ2) is 6.12. The summed E-state index contributed by atoms with van der Waals surface area (Å²) in [4.78, 5) is 49.0. The molecule has 2 fully saturated rings. The summed E-state index contributed by atoms with van der Waals surface area (Å²) in [5.74, 6) is -2.77. The van der Waals surface area contributed by atoms with Gasteiger partial charge in [-0.2, -0.15) is 0 Å². The molecule has 3 aliphatic rings. The van der Waals surface area contributed by atoms with Crippen molar-refractivity contribution < 1.29 is 24.0 Å². The molecule has 1 heterocycles. The van der Waals surface area contributed by atoms with E-state index in [1.54, 1.807) is 0 Å². The molecule has 0 radical (unpaired) electrons. The van der Waals surface area contributed by atoms with Crippen molar-refractivity contribution in [2.45, 2.75) is 20.8 Å². The summed E-state index contributed by atoms with van der Waals surface area (Å²) < 4.78 is 4.85. The number of ether oxygens (including phenoxy) is 1. The van der Waals surface area contributed by atoms with Gasteiger partial charge in [-0.25, -0.2) is 4.90 Å². The van der Waals surface area contributed by atoms with Crippen LogP contribution < -0.4 is 9.64 Å². The van der Waals surface area contributed by atoms with Crippen LogP contribution in [-0.2, 0) is 14.4 Å². The number of fused-ring (bicyclic) bond motifs is 5. The van der Waals surface area contributed by atoms with Crippen LogP contribution in [0.4, 0.5) is 11.4 Å². The summed E-state index contributed by atoms with van der Waals surface area (Å²) in [6.07, 6.45) is 3.96. The van der Waals surface area contributed by atoms with Crippen LogP contribution in [0, 0.1) is 33.8 Å². The Balaban J connectivity index is 1.73. The van der Waals surface area contributed by atoms with Crippen LogP contribution >= 0.6 is 0 Å². The van der Waals surface area contributed by atoms with Gasteiger partial charge in [-0.1, -0.05) is 23.3 Å². The van der Waals surface area contributed by atoms with E-state index in [1.165, 1.54) is 12.1 Å². The molecular weight excluding hydrogens is 364 g/mol. The molecule has 1 saturated carbocycles. The van der Waals surface area contributed by atoms with Gasteiger partial charge in [-0.05, 0) is 26.0 Å². The molecule has 8 nitrogen and oxygen atoms in total. The van der Waals surface area contributed by atoms with Gasteiger partial charge < -0.3 is 4.74 Å². The van der Waals surface area contributed by atoms with Crippen molar-refractivity contribution in [1.82, 2.24) is 0 Å². The highest BCUT2D eigenvalue weighted by molar-refractivity contribution is 6.23. The Kier molecular flexibility index (Phi) is 3.95. The Morgan fingerprint density at radius 1 is 1.07 bits per heavy atom. The van der Waals surface area contributed by atoms with Crippen molar-refractivity contribution in [2.75, 3.05) is 4.90 Å². The molecule has 0 N–H and O–H groups in total. The average Bonchev–Trinajstić information content (AvgIpc) is 3.25. The second-order valence-corrected chi connectivity index (χ2v) is 7.46. The molecule has 4 atom stereocenters. The number of amides is 2. The third-order valence-corrected chi connectivity index (χ3v) is 5.64. The predicted octanol–water partition coefficient (Wildman–Crippen LogP) is 2.78. The van der Waals surface area contributed by atoms with Gasteiger partial charge in [0.05, 0.1) is 22.4 Å². The molecule has 0 unspecified atom stereocenters. The predicted molar refractivity (Wildman–Crippen MR) is 98.4 cm³/mol. The number of anilines is 1. The number of imide groups is 1. The molecule has 4 rings (SSSR count). The molecule has 0 aromatic heterocycles. The second-order valence-electron chi connectivity index (χ2n) is 7.46. The van der Waals surface area contributed by atoms with Crippen LogP contribution in [-0.4, -0.2) is 22.7 Å². The van der Waals surface area contributed by atoms with Gasteiger partial charge in [-0.3, -0.25) is 24.5 Å². The van der Waals surface area contributed by atoms with Crippen LogP contribution in [0.1, 0.15) is 20.8 Å². The first kappa shape index (κ1) is 18.1. The Labute approximate surface area is 160 Å². The summed E-state index contributed by atoms with van der Waals surface area (Å²) in [6, 6.07) is 3.73. The molecule has 0 spiro atoms. The number of nitro benzene ring substituents is 1. The van der Waals surface area contributed by atoms with Gasteiger partial charge in [0.25, 0.3) is 0 Å². The number of rotatable bonds is 3. The molecule has 28 heavy (non-hydrogen) atoms. The molecule has 1 saturated heterocycles. The number of hydrogen-bond acceptors (Lipinski definition) is 6. The Morgan fingerprint density at radius 2 is 1.64 bits per heavy atom. The third kappa shape index (κ3) is 2.41. The summed E-state index contributed by atoms with van der Waals surface area (Å²) in [5, 5.41) is 11.4. The maximum absolute atomic E-state index is 13.1. The number of nitrogens with zero attached hydrogens (tertiary/aromatic N) is 2. The highest BCUT2D eigenvalue weighted by Gasteiger charge is 2.62. The van der Waals surface area contributed by atoms with Crippen molar-refractivity contribution in [3.63, 3.8) is 0 Å². The number of hydrogen-bond donors (Lipinski definition) is 0. The lowest BCUT2D eigenvalue weighted by molar-refractivity contribution is -0.385. The zero-order chi connectivity index (χ0) is 20.3. The van der Waals surface area contributed by atoms with E-state index in [4.69, 9.17) is 4.74 Å². The minimum absolute atomic E-state index is 0.100. The van der Waals surface area contributed by atoms with E-state index in [1.807, 2.05) is 26.0 Å². The summed E-state index contributed by atoms with van der Waals surface area (Å²) in [6.45, 7) is 5.09. The number of esters is 1. The fraction of sp³-hybridized carbons (Fsp3) is 0.350. The third-order valence-electron chi connectivity index (χ3n) is 5.64. The highest BCUT2D eigenvalue weighted by atomic mass is 16.6. The summed E-state index contributed by atoms with van der Waals surface area (Å²) >= 11 is 0. The van der Waals surface area contributed by atoms with E-state index in [2.05, 4.69) is 0 Å². The van der Waals surface area contributed by atoms with Crippen LogP contribution in [0.15, 0.2) is 41.5 Å². The first-order chi connectivity index (χ1) is 13.2. The molecule has 8 heteroatoms. The van der Waals surface area contributed by atoms with E-state index in [-0.39, 0.29) is 35.1 Å². The monoisotopic (exact) mass is 382 g/mol. The van der Waals surface area contributed by atoms with Crippen LogP contribution in [0.5, 0.6) is 5.75 Å². The Bertz CT molecular complexity index is 970. The van der Waals surface area contributed by atoms with Crippen LogP contribution in [0.3, 0.4) is 0 Å². The smallest absolute Gasteiger partial charge is 0.313 e. The van der Waals surface area contributed by atoms with Gasteiger partial charge in [0.1, 0.15) is 0 Å². The van der Waals surface area contributed by atoms with E-state index < -0.39 is 28.4 Å². The zero-order valence-corrected chi connectivity index (χ0v) is 15.5. The maximum atomic E-state index is 13.1. The number of allylic oxidation sites excluding steroid dienone is 4. The average molecular weight is 382 g/mol. The molecule has 1 aliphatic heterocycles. The van der Waals surface area contributed by atoms with E-state index in [9.17, 15) is 24.5 Å². The molecule has 144 valence electrons. The van der Waals surface area contributed by atoms with Gasteiger partial charge in [0.15, 0.2) is 0 Å². The Hall–Kier alpha value is -3.29. The minimum Gasteiger partial charge on any atom is -0.419 e. The standard InChI is InChI=1S/C20H18N2O6/c1-9(2)16-12-5-6-13(16)18-17(12)19(24)21(20(18)25)11-4-7-15(28-10(3)23)14(8-11)22(26)27/h4-8,12-13,17-18H,1-3H3/t12-,13-,17+,18+/m0/s1. The molecule has 2 bridgehead atoms. The van der Waals surface area contributed by atoms with E-state index in [0.717, 1.165) is 29.0 Å². The van der Waals surface area contributed by atoms with Crippen LogP contribution in [0.2, 0.25) is 0 Å². The number of nitro groups is 1. The van der Waals surface area contributed by atoms with E-state index >= 15 is 0 Å². The van der Waals surface area contributed by atoms with Crippen molar-refractivity contribution in [3.05, 3.63) is 51.6 Å². The Morgan fingerprint density at radius 3 is 2.11 bits per heavy atom. The van der Waals surface area contributed by atoms with Gasteiger partial charge in [0, 0.05) is 24.8 Å². The van der Waals surface area contributed by atoms with Crippen molar-refractivity contribution >= 4 is 29.2 Å². The van der Waals surface area contributed by atoms with Gasteiger partial charge >= 0.3 is 11.7 Å². The minimum atomic E-state index is -0.708. The fourth-order valence-electron chi connectivity index (χ4n) is 4.71. The topological polar surface area (TPSA) is 107 Å². The van der Waals surface area contributed by atoms with E-state index in [0.29, 0.717) is 0 Å². The van der Waals surface area contributed by atoms with Crippen molar-refractivity contribution in [1.29, 1.82) is 0 Å². The van der Waals surface area contributed by atoms with Crippen LogP contribution in [0.25, 0.3) is 0 Å². The fourth-order valence-corrected chi connectivity index (χ4v) is 4.71. The number of carbonyl (C=O) groups excluding carboxylic acids is 3. The quantitative estimate of drug-likeness (QED) is 0.199. The lowest BCUT2D eigenvalue weighted by Crippen LogP contribution is -2.33. The first-order valence-corrected chi connectivity index (χ1v) is 8.92. The first-order valence-electron chi connectivity index (χ1n) is 8.92. The molecule has 1 aromatic carbocycles. The number of benzene rings is 1. The lowest BCUT2D eigenvalue weighted by Gasteiger charge is -2.19. The molecule has 2 amide bonds. The zero-order valence-electron chi connectivity index (χ0n) is 15.5. The summed E-state index contributed by atoms with van der Waals surface area (Å²) in [5.41, 5.74) is 1.89. The number of carbonyl (C=O) groups is 3. The molecular formula is C20H18N2O6. The molecule has 1 aromatic rings. The van der Waals surface area contributed by atoms with Crippen molar-refractivity contribution in [2.24, 2.45) is 23.7 Å². The van der Waals surface area contributed by atoms with Crippen molar-refractivity contribution in [3.8, 4) is 5.75 Å². The normalized spacial score (nSPS) is 27.4. The maximum Gasteiger partial charge on any atom is 0.313 e. The molecule has 2 aliphatic carbocycles. The summed E-state index contributed by atoms with van der Waals surface area (Å²) in [7, 11) is 0. The van der Waals surface area contributed by atoms with Gasteiger partial charge in [0.2, 0.25) is 17.6 Å². The lowest BCUT2D eigenvalue weighted by atomic mass is 9.85. The highest BCUT2D eigenvalue weighted by Crippen LogP contribution is 2.57. The largest absolute Gasteiger partial charge is 0.419 e.